The number of thiophene rings is 1. The Balaban J connectivity index is 1.74. The van der Waals surface area contributed by atoms with E-state index in [4.69, 9.17) is 41.2 Å². The lowest BCUT2D eigenvalue weighted by molar-refractivity contribution is 0.0975. The van der Waals surface area contributed by atoms with Gasteiger partial charge in [0, 0.05) is 10.4 Å². The first-order valence-electron chi connectivity index (χ1n) is 7.38. The normalized spacial score (nSPS) is 12.6. The molecule has 0 saturated heterocycles. The zero-order valence-electron chi connectivity index (χ0n) is 12.8. The third kappa shape index (κ3) is 3.79. The monoisotopic (exact) mass is 413 g/mol. The zero-order chi connectivity index (χ0) is 18.1. The number of nitrogens with one attached hydrogen (secondary N) is 2. The minimum Gasteiger partial charge on any atom is -0.365 e. The molecular weight excluding hydrogens is 401 g/mol. The average molecular weight is 414 g/mol. The van der Waals surface area contributed by atoms with Gasteiger partial charge in [-0.3, -0.25) is 14.9 Å². The fourth-order valence-corrected chi connectivity index (χ4v) is 4.56. The second kappa shape index (κ2) is 7.29. The number of benzene rings is 1. The first-order valence-corrected chi connectivity index (χ1v) is 9.36. The summed E-state index contributed by atoms with van der Waals surface area (Å²) >= 11 is 18.4. The number of rotatable bonds is 3. The van der Waals surface area contributed by atoms with Gasteiger partial charge in [0.05, 0.1) is 15.6 Å². The average Bonchev–Trinajstić information content (AvgIpc) is 3.09. The Hall–Kier alpha value is -1.67. The topological polar surface area (TPSA) is 84.2 Å². The summed E-state index contributed by atoms with van der Waals surface area (Å²) in [5.74, 6) is -0.929. The molecule has 0 saturated carbocycles. The van der Waals surface area contributed by atoms with E-state index >= 15 is 0 Å². The molecule has 2 aromatic rings. The van der Waals surface area contributed by atoms with Crippen LogP contribution in [0, 0.1) is 0 Å². The van der Waals surface area contributed by atoms with Gasteiger partial charge in [-0.05, 0) is 55.2 Å². The molecule has 0 fully saturated rings. The van der Waals surface area contributed by atoms with E-state index < -0.39 is 11.8 Å². The van der Waals surface area contributed by atoms with Crippen LogP contribution < -0.4 is 16.4 Å². The van der Waals surface area contributed by atoms with Crippen molar-refractivity contribution in [3.63, 3.8) is 0 Å². The van der Waals surface area contributed by atoms with Crippen molar-refractivity contribution in [3.05, 3.63) is 49.8 Å². The molecule has 5 nitrogen and oxygen atoms in total. The van der Waals surface area contributed by atoms with Crippen molar-refractivity contribution in [2.75, 3.05) is 5.32 Å². The molecule has 9 heteroatoms. The summed E-state index contributed by atoms with van der Waals surface area (Å²) in [4.78, 5) is 25.1. The first kappa shape index (κ1) is 18.1. The molecule has 1 aliphatic carbocycles. The van der Waals surface area contributed by atoms with E-state index in [1.807, 2.05) is 0 Å². The van der Waals surface area contributed by atoms with Crippen LogP contribution in [0.1, 0.15) is 37.6 Å². The minimum absolute atomic E-state index is 0.0819. The SMILES string of the molecule is NC(=O)c1c(NC(=S)NC(=O)c2ccc(Cl)c(Cl)c2)sc2c1CCC2. The standard InChI is InChI=1S/C16H13Cl2N3O2S2/c17-9-5-4-7(6-10(9)18)14(23)20-16(24)21-15-12(13(19)22)8-2-1-3-11(8)25-15/h4-6H,1-3H2,(H2,19,22)(H2,20,21,23,24). The van der Waals surface area contributed by atoms with Crippen molar-refractivity contribution in [2.45, 2.75) is 19.3 Å². The van der Waals surface area contributed by atoms with E-state index in [0.29, 0.717) is 21.2 Å². The fourth-order valence-electron chi connectivity index (χ4n) is 2.70. The van der Waals surface area contributed by atoms with E-state index in [9.17, 15) is 9.59 Å². The maximum absolute atomic E-state index is 12.2. The highest BCUT2D eigenvalue weighted by molar-refractivity contribution is 7.80. The number of nitrogens with two attached hydrogens (primary N) is 1. The Morgan fingerprint density at radius 2 is 1.96 bits per heavy atom. The lowest BCUT2D eigenvalue weighted by atomic mass is 10.1. The highest BCUT2D eigenvalue weighted by Gasteiger charge is 2.25. The summed E-state index contributed by atoms with van der Waals surface area (Å²) in [7, 11) is 0. The van der Waals surface area contributed by atoms with Crippen LogP contribution in [0.2, 0.25) is 10.0 Å². The third-order valence-corrected chi connectivity index (χ3v) is 5.95. The molecule has 0 bridgehead atoms. The van der Waals surface area contributed by atoms with Crippen LogP contribution in [0.5, 0.6) is 0 Å². The minimum atomic E-state index is -0.500. The molecule has 25 heavy (non-hydrogen) atoms. The number of aryl methyl sites for hydroxylation is 1. The molecule has 130 valence electrons. The number of carbonyl (C=O) groups is 2. The molecule has 0 atom stereocenters. The van der Waals surface area contributed by atoms with Crippen molar-refractivity contribution in [3.8, 4) is 0 Å². The molecule has 3 rings (SSSR count). The van der Waals surface area contributed by atoms with Gasteiger partial charge in [0.1, 0.15) is 5.00 Å². The predicted molar refractivity (Wildman–Crippen MR) is 105 cm³/mol. The van der Waals surface area contributed by atoms with Gasteiger partial charge >= 0.3 is 0 Å². The van der Waals surface area contributed by atoms with Gasteiger partial charge in [-0.15, -0.1) is 11.3 Å². The van der Waals surface area contributed by atoms with E-state index in [0.717, 1.165) is 29.7 Å². The van der Waals surface area contributed by atoms with Gasteiger partial charge in [0.25, 0.3) is 11.8 Å². The quantitative estimate of drug-likeness (QED) is 0.668. The Kier molecular flexibility index (Phi) is 5.29. The summed E-state index contributed by atoms with van der Waals surface area (Å²) in [5.41, 5.74) is 7.27. The van der Waals surface area contributed by atoms with Gasteiger partial charge in [-0.25, -0.2) is 0 Å². The summed E-state index contributed by atoms with van der Waals surface area (Å²) in [6.07, 6.45) is 2.76. The number of amides is 2. The van der Waals surface area contributed by atoms with Gasteiger partial charge in [0.15, 0.2) is 5.11 Å². The number of thiocarbonyl (C=S) groups is 1. The smallest absolute Gasteiger partial charge is 0.257 e. The number of carbonyl (C=O) groups excluding carboxylic acids is 2. The van der Waals surface area contributed by atoms with E-state index in [2.05, 4.69) is 10.6 Å². The summed E-state index contributed by atoms with van der Waals surface area (Å²) in [6.45, 7) is 0. The molecular formula is C16H13Cl2N3O2S2. The molecule has 4 N–H and O–H groups in total. The van der Waals surface area contributed by atoms with Crippen LogP contribution >= 0.6 is 46.8 Å². The molecule has 1 aromatic heterocycles. The molecule has 2 amide bonds. The highest BCUT2D eigenvalue weighted by atomic mass is 35.5. The van der Waals surface area contributed by atoms with Crippen LogP contribution in [0.25, 0.3) is 0 Å². The lowest BCUT2D eigenvalue weighted by Gasteiger charge is -2.10. The Morgan fingerprint density at radius 1 is 1.20 bits per heavy atom. The van der Waals surface area contributed by atoms with Crippen molar-refractivity contribution in [1.29, 1.82) is 0 Å². The summed E-state index contributed by atoms with van der Waals surface area (Å²) < 4.78 is 0. The number of halogens is 2. The van der Waals surface area contributed by atoms with Gasteiger partial charge < -0.3 is 11.1 Å². The number of fused-ring (bicyclic) bond motifs is 1. The Morgan fingerprint density at radius 3 is 2.64 bits per heavy atom. The van der Waals surface area contributed by atoms with Crippen LogP contribution in [0.3, 0.4) is 0 Å². The van der Waals surface area contributed by atoms with Crippen LogP contribution in [-0.4, -0.2) is 16.9 Å². The van der Waals surface area contributed by atoms with Crippen LogP contribution in [-0.2, 0) is 12.8 Å². The Bertz CT molecular complexity index is 896. The number of primary amides is 1. The lowest BCUT2D eigenvalue weighted by Crippen LogP contribution is -2.34. The number of hydrogen-bond acceptors (Lipinski definition) is 4. The van der Waals surface area contributed by atoms with Crippen molar-refractivity contribution >= 4 is 68.7 Å². The molecule has 1 aliphatic rings. The molecule has 0 spiro atoms. The van der Waals surface area contributed by atoms with Gasteiger partial charge in [0.2, 0.25) is 0 Å². The maximum atomic E-state index is 12.2. The molecule has 0 radical (unpaired) electrons. The van der Waals surface area contributed by atoms with Gasteiger partial charge in [-0.1, -0.05) is 23.2 Å². The fraction of sp³-hybridized carbons (Fsp3) is 0.188. The molecule has 0 unspecified atom stereocenters. The zero-order valence-corrected chi connectivity index (χ0v) is 16.0. The number of anilines is 1. The second-order valence-corrected chi connectivity index (χ2v) is 7.79. The molecule has 0 aliphatic heterocycles. The Labute approximate surface area is 163 Å². The first-order chi connectivity index (χ1) is 11.9. The molecule has 1 heterocycles. The van der Waals surface area contributed by atoms with Crippen LogP contribution in [0.15, 0.2) is 18.2 Å². The van der Waals surface area contributed by atoms with E-state index in [1.165, 1.54) is 23.5 Å². The third-order valence-electron chi connectivity index (χ3n) is 3.80. The van der Waals surface area contributed by atoms with E-state index in [1.54, 1.807) is 6.07 Å². The summed E-state index contributed by atoms with van der Waals surface area (Å²) in [5, 5.41) is 6.75. The largest absolute Gasteiger partial charge is 0.365 e. The van der Waals surface area contributed by atoms with Crippen LogP contribution in [0.4, 0.5) is 5.00 Å². The van der Waals surface area contributed by atoms with Crippen molar-refractivity contribution in [2.24, 2.45) is 5.73 Å². The van der Waals surface area contributed by atoms with E-state index in [-0.39, 0.29) is 10.1 Å². The summed E-state index contributed by atoms with van der Waals surface area (Å²) in [6, 6.07) is 4.53. The highest BCUT2D eigenvalue weighted by Crippen LogP contribution is 2.38. The van der Waals surface area contributed by atoms with Crippen molar-refractivity contribution in [1.82, 2.24) is 5.32 Å². The number of hydrogen-bond donors (Lipinski definition) is 3. The molecule has 1 aromatic carbocycles. The van der Waals surface area contributed by atoms with Gasteiger partial charge in [-0.2, -0.15) is 0 Å². The maximum Gasteiger partial charge on any atom is 0.257 e. The predicted octanol–water partition coefficient (Wildman–Crippen LogP) is 3.77. The van der Waals surface area contributed by atoms with Crippen molar-refractivity contribution < 1.29 is 9.59 Å². The second-order valence-electron chi connectivity index (χ2n) is 5.46.